The summed E-state index contributed by atoms with van der Waals surface area (Å²) in [5.41, 5.74) is 18.1. The van der Waals surface area contributed by atoms with Crippen molar-refractivity contribution in [1.29, 1.82) is 0 Å². The summed E-state index contributed by atoms with van der Waals surface area (Å²) in [5, 5.41) is 0. The number of hydrogen-bond donors (Lipinski definition) is 0. The minimum absolute atomic E-state index is 0.538. The maximum Gasteiger partial charge on any atom is 0.160 e. The van der Waals surface area contributed by atoms with Crippen LogP contribution in [0.3, 0.4) is 0 Å². The molecular formula is C59H38N2O. The van der Waals surface area contributed by atoms with Gasteiger partial charge in [0.1, 0.15) is 11.5 Å². The van der Waals surface area contributed by atoms with Crippen LogP contribution in [0.5, 0.6) is 11.5 Å². The third-order valence-electron chi connectivity index (χ3n) is 12.6. The quantitative estimate of drug-likeness (QED) is 0.168. The zero-order chi connectivity index (χ0) is 41.0. The van der Waals surface area contributed by atoms with E-state index in [0.717, 1.165) is 84.1 Å². The van der Waals surface area contributed by atoms with Crippen molar-refractivity contribution in [2.45, 2.75) is 5.41 Å². The summed E-state index contributed by atoms with van der Waals surface area (Å²) in [6.45, 7) is 0. The van der Waals surface area contributed by atoms with Crippen LogP contribution in [0.15, 0.2) is 231 Å². The molecule has 0 saturated carbocycles. The molecule has 62 heavy (non-hydrogen) atoms. The van der Waals surface area contributed by atoms with Crippen molar-refractivity contribution in [3.63, 3.8) is 0 Å². The Hall–Kier alpha value is -8.14. The first kappa shape index (κ1) is 35.8. The van der Waals surface area contributed by atoms with E-state index in [2.05, 4.69) is 224 Å². The van der Waals surface area contributed by atoms with Crippen molar-refractivity contribution in [1.82, 2.24) is 9.97 Å². The predicted molar refractivity (Wildman–Crippen MR) is 252 cm³/mol. The van der Waals surface area contributed by atoms with Crippen molar-refractivity contribution in [2.24, 2.45) is 0 Å². The predicted octanol–water partition coefficient (Wildman–Crippen LogP) is 14.9. The fourth-order valence-corrected chi connectivity index (χ4v) is 9.78. The molecule has 1 aromatic heterocycles. The lowest BCUT2D eigenvalue weighted by atomic mass is 9.65. The monoisotopic (exact) mass is 790 g/mol. The van der Waals surface area contributed by atoms with E-state index < -0.39 is 5.41 Å². The lowest BCUT2D eigenvalue weighted by Gasteiger charge is -2.40. The van der Waals surface area contributed by atoms with E-state index in [4.69, 9.17) is 14.7 Å². The minimum Gasteiger partial charge on any atom is -0.456 e. The normalized spacial score (nSPS) is 12.8. The third kappa shape index (κ3) is 5.74. The molecule has 0 N–H and O–H groups in total. The molecule has 1 spiro atoms. The van der Waals surface area contributed by atoms with Crippen molar-refractivity contribution < 1.29 is 4.74 Å². The van der Waals surface area contributed by atoms with E-state index in [-0.39, 0.29) is 0 Å². The van der Waals surface area contributed by atoms with E-state index in [1.807, 2.05) is 6.07 Å². The zero-order valence-corrected chi connectivity index (χ0v) is 33.7. The molecule has 290 valence electrons. The van der Waals surface area contributed by atoms with Crippen LogP contribution in [0.1, 0.15) is 22.3 Å². The maximum atomic E-state index is 7.05. The molecule has 1 aliphatic heterocycles. The van der Waals surface area contributed by atoms with E-state index in [1.165, 1.54) is 22.3 Å². The van der Waals surface area contributed by atoms with Gasteiger partial charge in [0.05, 0.1) is 16.8 Å². The van der Waals surface area contributed by atoms with Gasteiger partial charge in [-0.1, -0.05) is 200 Å². The molecule has 3 heteroatoms. The van der Waals surface area contributed by atoms with Gasteiger partial charge in [-0.3, -0.25) is 0 Å². The lowest BCUT2D eigenvalue weighted by molar-refractivity contribution is 0.438. The van der Waals surface area contributed by atoms with Gasteiger partial charge in [-0.25, -0.2) is 9.97 Å². The van der Waals surface area contributed by atoms with Crippen LogP contribution in [0, 0.1) is 0 Å². The van der Waals surface area contributed by atoms with E-state index in [0.29, 0.717) is 5.82 Å². The first-order valence-electron chi connectivity index (χ1n) is 21.1. The molecule has 0 bridgehead atoms. The molecule has 1 aliphatic carbocycles. The fourth-order valence-electron chi connectivity index (χ4n) is 9.78. The zero-order valence-electron chi connectivity index (χ0n) is 33.7. The summed E-state index contributed by atoms with van der Waals surface area (Å²) in [5.74, 6) is 2.41. The van der Waals surface area contributed by atoms with E-state index >= 15 is 0 Å². The first-order valence-corrected chi connectivity index (χ1v) is 21.1. The number of aromatic nitrogens is 2. The second kappa shape index (κ2) is 14.5. The smallest absolute Gasteiger partial charge is 0.160 e. The molecule has 0 radical (unpaired) electrons. The van der Waals surface area contributed by atoms with E-state index in [1.54, 1.807) is 0 Å². The Balaban J connectivity index is 1.03. The molecule has 0 fully saturated rings. The van der Waals surface area contributed by atoms with Crippen LogP contribution in [0.25, 0.3) is 78.4 Å². The topological polar surface area (TPSA) is 35.0 Å². The van der Waals surface area contributed by atoms with Gasteiger partial charge >= 0.3 is 0 Å². The lowest BCUT2D eigenvalue weighted by Crippen LogP contribution is -2.32. The Labute approximate surface area is 361 Å². The highest BCUT2D eigenvalue weighted by Gasteiger charge is 2.51. The molecule has 12 rings (SSSR count). The summed E-state index contributed by atoms with van der Waals surface area (Å²) in [6, 6.07) is 81.9. The molecule has 10 aromatic rings. The third-order valence-corrected chi connectivity index (χ3v) is 12.6. The Bertz CT molecular complexity index is 3190. The van der Waals surface area contributed by atoms with Crippen LogP contribution in [0.4, 0.5) is 0 Å². The molecule has 0 unspecified atom stereocenters. The molecule has 2 aliphatic rings. The maximum absolute atomic E-state index is 7.05. The van der Waals surface area contributed by atoms with Gasteiger partial charge in [-0.05, 0) is 80.4 Å². The minimum atomic E-state index is -0.538. The van der Waals surface area contributed by atoms with Crippen molar-refractivity contribution in [3.8, 4) is 89.9 Å². The molecular weight excluding hydrogens is 753 g/mol. The van der Waals surface area contributed by atoms with Gasteiger partial charge in [0.25, 0.3) is 0 Å². The van der Waals surface area contributed by atoms with E-state index in [9.17, 15) is 0 Å². The number of ether oxygens (including phenoxy) is 1. The van der Waals surface area contributed by atoms with Crippen LogP contribution in [-0.4, -0.2) is 9.97 Å². The Morgan fingerprint density at radius 2 is 0.710 bits per heavy atom. The van der Waals surface area contributed by atoms with Crippen molar-refractivity contribution in [3.05, 3.63) is 253 Å². The van der Waals surface area contributed by atoms with Crippen LogP contribution in [-0.2, 0) is 5.41 Å². The standard InChI is InChI=1S/C59H38N2O/c1-3-17-39(18-4-1)41-21-13-24-44(35-41)54-38-55(61-58(60-54)46-26-14-22-42(36-46)40-19-5-2-6-20-40)45-25-15-23-43(37-45)47-29-16-33-53-57(47)62-56-34-12-11-32-52(56)59(53)50-30-9-7-27-48(50)49-28-8-10-31-51(49)59/h1-38H. The number of hydrogen-bond acceptors (Lipinski definition) is 3. The molecule has 2 heterocycles. The Morgan fingerprint density at radius 1 is 0.290 bits per heavy atom. The fraction of sp³-hybridized carbons (Fsp3) is 0.0169. The van der Waals surface area contributed by atoms with Gasteiger partial charge < -0.3 is 4.74 Å². The van der Waals surface area contributed by atoms with Gasteiger partial charge in [0, 0.05) is 33.4 Å². The van der Waals surface area contributed by atoms with Crippen LogP contribution < -0.4 is 4.74 Å². The van der Waals surface area contributed by atoms with Gasteiger partial charge in [0.2, 0.25) is 0 Å². The molecule has 0 amide bonds. The summed E-state index contributed by atoms with van der Waals surface area (Å²) in [4.78, 5) is 10.6. The number of fused-ring (bicyclic) bond motifs is 9. The summed E-state index contributed by atoms with van der Waals surface area (Å²) in [7, 11) is 0. The Morgan fingerprint density at radius 3 is 1.34 bits per heavy atom. The average molecular weight is 791 g/mol. The summed E-state index contributed by atoms with van der Waals surface area (Å²) in [6.07, 6.45) is 0. The highest BCUT2D eigenvalue weighted by Crippen LogP contribution is 2.63. The van der Waals surface area contributed by atoms with Gasteiger partial charge in [-0.2, -0.15) is 0 Å². The summed E-state index contributed by atoms with van der Waals surface area (Å²) < 4.78 is 7.05. The molecule has 0 saturated heterocycles. The SMILES string of the molecule is c1ccc(-c2cccc(-c3cc(-c4cccc(-c5cccc6c5Oc5ccccc5C65c6ccccc6-c6ccccc65)c4)nc(-c4cccc(-c5ccccc5)c4)n3)c2)cc1. The van der Waals surface area contributed by atoms with Crippen LogP contribution >= 0.6 is 0 Å². The number of nitrogens with zero attached hydrogens (tertiary/aromatic N) is 2. The second-order valence-electron chi connectivity index (χ2n) is 16.1. The molecule has 9 aromatic carbocycles. The number of rotatable bonds is 6. The van der Waals surface area contributed by atoms with Crippen molar-refractivity contribution >= 4 is 0 Å². The molecule has 0 atom stereocenters. The second-order valence-corrected chi connectivity index (χ2v) is 16.1. The van der Waals surface area contributed by atoms with Crippen LogP contribution in [0.2, 0.25) is 0 Å². The van der Waals surface area contributed by atoms with Gasteiger partial charge in [0.15, 0.2) is 5.82 Å². The van der Waals surface area contributed by atoms with Crippen molar-refractivity contribution in [2.75, 3.05) is 0 Å². The number of benzene rings is 9. The number of para-hydroxylation sites is 2. The molecule has 3 nitrogen and oxygen atoms in total. The Kier molecular flexibility index (Phi) is 8.39. The largest absolute Gasteiger partial charge is 0.456 e. The summed E-state index contributed by atoms with van der Waals surface area (Å²) >= 11 is 0. The average Bonchev–Trinajstić information content (AvgIpc) is 3.65. The highest BCUT2D eigenvalue weighted by molar-refractivity contribution is 5.91. The van der Waals surface area contributed by atoms with Gasteiger partial charge in [-0.15, -0.1) is 0 Å². The first-order chi connectivity index (χ1) is 30.7. The highest BCUT2D eigenvalue weighted by atomic mass is 16.5.